The van der Waals surface area contributed by atoms with Crippen LogP contribution in [0.25, 0.3) is 44.5 Å². The SMILES string of the molecule is O=C(O)c1cccc2c1-c1ccccc1-c1ccccc1-c1ccccc1-2. The van der Waals surface area contributed by atoms with Crippen LogP contribution >= 0.6 is 0 Å². The lowest BCUT2D eigenvalue weighted by atomic mass is 9.79. The molecule has 0 aliphatic heterocycles. The van der Waals surface area contributed by atoms with Crippen LogP contribution in [-0.2, 0) is 0 Å². The van der Waals surface area contributed by atoms with E-state index in [2.05, 4.69) is 36.4 Å². The van der Waals surface area contributed by atoms with Gasteiger partial charge in [-0.1, -0.05) is 84.9 Å². The van der Waals surface area contributed by atoms with Crippen LogP contribution < -0.4 is 0 Å². The van der Waals surface area contributed by atoms with Crippen molar-refractivity contribution < 1.29 is 9.90 Å². The number of hydrogen-bond acceptors (Lipinski definition) is 1. The van der Waals surface area contributed by atoms with E-state index in [0.717, 1.165) is 44.5 Å². The zero-order valence-electron chi connectivity index (χ0n) is 14.5. The van der Waals surface area contributed by atoms with E-state index in [9.17, 15) is 9.90 Å². The van der Waals surface area contributed by atoms with Crippen LogP contribution in [0.5, 0.6) is 0 Å². The van der Waals surface area contributed by atoms with Crippen LogP contribution in [0.4, 0.5) is 0 Å². The molecule has 0 fully saturated rings. The van der Waals surface area contributed by atoms with E-state index in [-0.39, 0.29) is 0 Å². The Morgan fingerprint density at radius 2 is 0.852 bits per heavy atom. The number of aromatic carboxylic acids is 1. The van der Waals surface area contributed by atoms with Gasteiger partial charge in [-0.05, 0) is 45.0 Å². The average molecular weight is 348 g/mol. The summed E-state index contributed by atoms with van der Waals surface area (Å²) < 4.78 is 0. The maximum atomic E-state index is 12.0. The molecular weight excluding hydrogens is 332 g/mol. The van der Waals surface area contributed by atoms with Crippen molar-refractivity contribution in [1.82, 2.24) is 0 Å². The molecule has 0 heterocycles. The van der Waals surface area contributed by atoms with Gasteiger partial charge < -0.3 is 5.11 Å². The molecule has 0 unspecified atom stereocenters. The molecule has 0 aromatic heterocycles. The highest BCUT2D eigenvalue weighted by Crippen LogP contribution is 2.48. The second kappa shape index (κ2) is 5.96. The van der Waals surface area contributed by atoms with E-state index >= 15 is 0 Å². The van der Waals surface area contributed by atoms with Crippen molar-refractivity contribution in [3.05, 3.63) is 96.6 Å². The van der Waals surface area contributed by atoms with Crippen LogP contribution in [0.1, 0.15) is 10.4 Å². The summed E-state index contributed by atoms with van der Waals surface area (Å²) in [5.41, 5.74) is 8.51. The van der Waals surface area contributed by atoms with Gasteiger partial charge in [-0.2, -0.15) is 0 Å². The molecule has 0 amide bonds. The van der Waals surface area contributed by atoms with Gasteiger partial charge in [0.05, 0.1) is 5.56 Å². The van der Waals surface area contributed by atoms with Crippen molar-refractivity contribution in [2.75, 3.05) is 0 Å². The smallest absolute Gasteiger partial charge is 0.336 e. The van der Waals surface area contributed by atoms with Crippen LogP contribution in [-0.4, -0.2) is 11.1 Å². The van der Waals surface area contributed by atoms with Gasteiger partial charge in [0.15, 0.2) is 0 Å². The molecule has 4 aromatic rings. The fourth-order valence-corrected chi connectivity index (χ4v) is 4.09. The van der Waals surface area contributed by atoms with Crippen molar-refractivity contribution in [2.45, 2.75) is 0 Å². The second-order valence-corrected chi connectivity index (χ2v) is 6.67. The molecule has 0 saturated heterocycles. The van der Waals surface area contributed by atoms with Crippen molar-refractivity contribution >= 4 is 5.97 Å². The fraction of sp³-hybridized carbons (Fsp3) is 0. The molecule has 0 saturated carbocycles. The van der Waals surface area contributed by atoms with Gasteiger partial charge in [-0.25, -0.2) is 4.79 Å². The summed E-state index contributed by atoms with van der Waals surface area (Å²) in [6.45, 7) is 0. The number of hydrogen-bond donors (Lipinski definition) is 1. The Morgan fingerprint density at radius 1 is 0.481 bits per heavy atom. The highest BCUT2D eigenvalue weighted by atomic mass is 16.4. The number of fused-ring (bicyclic) bond motifs is 8. The minimum atomic E-state index is -0.909. The first-order chi connectivity index (χ1) is 13.3. The van der Waals surface area contributed by atoms with E-state index in [1.807, 2.05) is 48.5 Å². The van der Waals surface area contributed by atoms with Gasteiger partial charge in [0.2, 0.25) is 0 Å². The van der Waals surface area contributed by atoms with E-state index in [0.29, 0.717) is 5.56 Å². The first kappa shape index (κ1) is 15.6. The minimum absolute atomic E-state index is 0.328. The van der Waals surface area contributed by atoms with Gasteiger partial charge in [-0.15, -0.1) is 0 Å². The number of carboxylic acid groups (broad SMARTS) is 1. The first-order valence-corrected chi connectivity index (χ1v) is 8.90. The zero-order valence-corrected chi connectivity index (χ0v) is 14.5. The Balaban J connectivity index is 2.03. The van der Waals surface area contributed by atoms with Crippen LogP contribution in [0.3, 0.4) is 0 Å². The maximum absolute atomic E-state index is 12.0. The quantitative estimate of drug-likeness (QED) is 0.382. The van der Waals surface area contributed by atoms with E-state index in [4.69, 9.17) is 0 Å². The molecular formula is C25H16O2. The topological polar surface area (TPSA) is 37.3 Å². The number of carboxylic acids is 1. The Labute approximate surface area is 157 Å². The minimum Gasteiger partial charge on any atom is -0.478 e. The lowest BCUT2D eigenvalue weighted by molar-refractivity contribution is 0.0698. The molecule has 27 heavy (non-hydrogen) atoms. The summed E-state index contributed by atoms with van der Waals surface area (Å²) in [6, 6.07) is 30.2. The molecule has 4 aromatic carbocycles. The summed E-state index contributed by atoms with van der Waals surface area (Å²) in [5.74, 6) is -0.909. The molecule has 2 nitrogen and oxygen atoms in total. The van der Waals surface area contributed by atoms with Crippen molar-refractivity contribution in [3.63, 3.8) is 0 Å². The Morgan fingerprint density at radius 3 is 1.33 bits per heavy atom. The number of carbonyl (C=O) groups is 1. The third kappa shape index (κ3) is 2.31. The first-order valence-electron chi connectivity index (χ1n) is 8.90. The fourth-order valence-electron chi connectivity index (χ4n) is 4.09. The van der Waals surface area contributed by atoms with Gasteiger partial charge in [0.25, 0.3) is 0 Å². The summed E-state index contributed by atoms with van der Waals surface area (Å²) in [7, 11) is 0. The Bertz CT molecular complexity index is 1200. The Kier molecular flexibility index (Phi) is 3.44. The average Bonchev–Trinajstić information content (AvgIpc) is 2.72. The lowest BCUT2D eigenvalue weighted by Crippen LogP contribution is -2.04. The maximum Gasteiger partial charge on any atom is 0.336 e. The lowest BCUT2D eigenvalue weighted by Gasteiger charge is -2.24. The molecule has 1 N–H and O–H groups in total. The molecule has 0 spiro atoms. The normalized spacial score (nSPS) is 11.3. The predicted molar refractivity (Wildman–Crippen MR) is 109 cm³/mol. The molecule has 1 aliphatic rings. The van der Waals surface area contributed by atoms with Gasteiger partial charge in [0, 0.05) is 5.56 Å². The third-order valence-corrected chi connectivity index (χ3v) is 5.22. The summed E-state index contributed by atoms with van der Waals surface area (Å²) in [5, 5.41) is 9.87. The second-order valence-electron chi connectivity index (χ2n) is 6.67. The number of rotatable bonds is 1. The predicted octanol–water partition coefficient (Wildman–Crippen LogP) is 6.37. The van der Waals surface area contributed by atoms with Gasteiger partial charge in [0.1, 0.15) is 0 Å². The van der Waals surface area contributed by atoms with E-state index in [1.54, 1.807) is 6.07 Å². The summed E-state index contributed by atoms with van der Waals surface area (Å²) in [6.07, 6.45) is 0. The van der Waals surface area contributed by atoms with Crippen molar-refractivity contribution in [1.29, 1.82) is 0 Å². The van der Waals surface area contributed by atoms with Gasteiger partial charge in [-0.3, -0.25) is 0 Å². The summed E-state index contributed by atoms with van der Waals surface area (Å²) in [4.78, 5) is 12.0. The highest BCUT2D eigenvalue weighted by molar-refractivity contribution is 6.08. The monoisotopic (exact) mass is 348 g/mol. The standard InChI is InChI=1S/C25H16O2/c26-25(27)23-15-7-14-22-20-11-4-3-10-18(20)16-8-1-2-9-17(16)19-12-5-6-13-21(19)24(22)23/h1-15H,(H,26,27). The van der Waals surface area contributed by atoms with Gasteiger partial charge >= 0.3 is 5.97 Å². The van der Waals surface area contributed by atoms with Crippen molar-refractivity contribution in [3.8, 4) is 44.5 Å². The molecule has 0 bridgehead atoms. The largest absolute Gasteiger partial charge is 0.478 e. The molecule has 0 radical (unpaired) electrons. The van der Waals surface area contributed by atoms with E-state index in [1.165, 1.54) is 0 Å². The van der Waals surface area contributed by atoms with Crippen LogP contribution in [0, 0.1) is 0 Å². The highest BCUT2D eigenvalue weighted by Gasteiger charge is 2.24. The summed E-state index contributed by atoms with van der Waals surface area (Å²) >= 11 is 0. The molecule has 1 aliphatic carbocycles. The van der Waals surface area contributed by atoms with Crippen LogP contribution in [0.2, 0.25) is 0 Å². The molecule has 2 heteroatoms. The molecule has 0 atom stereocenters. The van der Waals surface area contributed by atoms with Crippen LogP contribution in [0.15, 0.2) is 91.0 Å². The van der Waals surface area contributed by atoms with Crippen molar-refractivity contribution in [2.24, 2.45) is 0 Å². The van der Waals surface area contributed by atoms with E-state index < -0.39 is 5.97 Å². The zero-order chi connectivity index (χ0) is 18.4. The molecule has 5 rings (SSSR count). The Hall–Kier alpha value is -3.65. The third-order valence-electron chi connectivity index (χ3n) is 5.22. The number of benzene rings is 4. The molecule has 128 valence electrons.